The SMILES string of the molecule is CC(Nc1ccc(Cl)c(Br)c1)C(=O)NCc1ccco1. The summed E-state index contributed by atoms with van der Waals surface area (Å²) in [6.07, 6.45) is 1.58. The largest absolute Gasteiger partial charge is 0.467 e. The van der Waals surface area contributed by atoms with Gasteiger partial charge in [-0.25, -0.2) is 0 Å². The normalized spacial score (nSPS) is 11.9. The highest BCUT2D eigenvalue weighted by Crippen LogP contribution is 2.25. The lowest BCUT2D eigenvalue weighted by atomic mass is 10.2. The number of furan rings is 1. The Morgan fingerprint density at radius 3 is 2.90 bits per heavy atom. The highest BCUT2D eigenvalue weighted by atomic mass is 79.9. The van der Waals surface area contributed by atoms with Crippen LogP contribution < -0.4 is 10.6 Å². The molecule has 1 aromatic heterocycles. The average Bonchev–Trinajstić information content (AvgIpc) is 2.93. The Labute approximate surface area is 130 Å². The van der Waals surface area contributed by atoms with E-state index < -0.39 is 0 Å². The van der Waals surface area contributed by atoms with Crippen LogP contribution in [0.5, 0.6) is 0 Å². The monoisotopic (exact) mass is 356 g/mol. The fourth-order valence-electron chi connectivity index (χ4n) is 1.64. The molecule has 2 aromatic rings. The molecule has 2 rings (SSSR count). The Bertz CT molecular complexity index is 587. The molecule has 0 saturated heterocycles. The second-order valence-corrected chi connectivity index (χ2v) is 5.55. The van der Waals surface area contributed by atoms with Crippen molar-refractivity contribution in [3.8, 4) is 0 Å². The molecule has 2 N–H and O–H groups in total. The molecule has 0 fully saturated rings. The maximum absolute atomic E-state index is 11.9. The van der Waals surface area contributed by atoms with Crippen molar-refractivity contribution in [2.24, 2.45) is 0 Å². The van der Waals surface area contributed by atoms with E-state index in [1.165, 1.54) is 0 Å². The maximum Gasteiger partial charge on any atom is 0.242 e. The van der Waals surface area contributed by atoms with Crippen LogP contribution in [0.25, 0.3) is 0 Å². The summed E-state index contributed by atoms with van der Waals surface area (Å²) < 4.78 is 5.94. The molecule has 0 aliphatic heterocycles. The lowest BCUT2D eigenvalue weighted by molar-refractivity contribution is -0.121. The summed E-state index contributed by atoms with van der Waals surface area (Å²) in [4.78, 5) is 11.9. The van der Waals surface area contributed by atoms with Crippen molar-refractivity contribution in [1.82, 2.24) is 5.32 Å². The summed E-state index contributed by atoms with van der Waals surface area (Å²) >= 11 is 9.27. The molecule has 0 aliphatic carbocycles. The smallest absolute Gasteiger partial charge is 0.242 e. The number of carbonyl (C=O) groups is 1. The van der Waals surface area contributed by atoms with Gasteiger partial charge in [0.1, 0.15) is 11.8 Å². The molecule has 6 heteroatoms. The minimum atomic E-state index is -0.363. The lowest BCUT2D eigenvalue weighted by Crippen LogP contribution is -2.37. The molecule has 20 heavy (non-hydrogen) atoms. The summed E-state index contributed by atoms with van der Waals surface area (Å²) in [6.45, 7) is 2.17. The Balaban J connectivity index is 1.88. The molecule has 1 unspecified atom stereocenters. The second-order valence-electron chi connectivity index (χ2n) is 4.29. The fourth-order valence-corrected chi connectivity index (χ4v) is 2.14. The Morgan fingerprint density at radius 1 is 1.45 bits per heavy atom. The molecule has 0 spiro atoms. The molecule has 1 aromatic carbocycles. The van der Waals surface area contributed by atoms with Gasteiger partial charge in [-0.2, -0.15) is 0 Å². The van der Waals surface area contributed by atoms with Gasteiger partial charge in [-0.3, -0.25) is 4.79 Å². The first kappa shape index (κ1) is 14.9. The van der Waals surface area contributed by atoms with E-state index in [0.29, 0.717) is 11.6 Å². The number of amides is 1. The van der Waals surface area contributed by atoms with Crippen molar-refractivity contribution in [3.63, 3.8) is 0 Å². The zero-order valence-corrected chi connectivity index (χ0v) is 13.2. The van der Waals surface area contributed by atoms with Crippen molar-refractivity contribution in [1.29, 1.82) is 0 Å². The van der Waals surface area contributed by atoms with Crippen LogP contribution in [0, 0.1) is 0 Å². The molecule has 0 bridgehead atoms. The molecule has 0 saturated carbocycles. The third kappa shape index (κ3) is 4.02. The van der Waals surface area contributed by atoms with Crippen LogP contribution in [0.15, 0.2) is 45.5 Å². The topological polar surface area (TPSA) is 54.3 Å². The number of nitrogens with one attached hydrogen (secondary N) is 2. The third-order valence-electron chi connectivity index (χ3n) is 2.71. The highest BCUT2D eigenvalue weighted by molar-refractivity contribution is 9.10. The standard InChI is InChI=1S/C14H14BrClN2O2/c1-9(14(19)17-8-11-3-2-6-20-11)18-10-4-5-13(16)12(15)7-10/h2-7,9,18H,8H2,1H3,(H,17,19). The minimum Gasteiger partial charge on any atom is -0.467 e. The van der Waals surface area contributed by atoms with Crippen LogP contribution in [0.2, 0.25) is 5.02 Å². The Kier molecular flexibility index (Phi) is 5.09. The number of hydrogen-bond donors (Lipinski definition) is 2. The second kappa shape index (κ2) is 6.81. The van der Waals surface area contributed by atoms with Crippen LogP contribution in [0.3, 0.4) is 0 Å². The summed E-state index contributed by atoms with van der Waals surface area (Å²) in [5.74, 6) is 0.618. The predicted molar refractivity (Wildman–Crippen MR) is 82.8 cm³/mol. The van der Waals surface area contributed by atoms with E-state index in [-0.39, 0.29) is 11.9 Å². The van der Waals surface area contributed by atoms with E-state index in [1.54, 1.807) is 25.3 Å². The molecule has 1 heterocycles. The molecular weight excluding hydrogens is 344 g/mol. The van der Waals surface area contributed by atoms with Crippen molar-refractivity contribution in [2.75, 3.05) is 5.32 Å². The van der Waals surface area contributed by atoms with Gasteiger partial charge in [0, 0.05) is 10.2 Å². The number of carbonyl (C=O) groups excluding carboxylic acids is 1. The first-order chi connectivity index (χ1) is 9.56. The van der Waals surface area contributed by atoms with Gasteiger partial charge in [0.25, 0.3) is 0 Å². The van der Waals surface area contributed by atoms with E-state index in [2.05, 4.69) is 26.6 Å². The molecule has 1 amide bonds. The summed E-state index contributed by atoms with van der Waals surface area (Å²) in [7, 11) is 0. The van der Waals surface area contributed by atoms with Gasteiger partial charge in [-0.1, -0.05) is 11.6 Å². The van der Waals surface area contributed by atoms with Gasteiger partial charge >= 0.3 is 0 Å². The van der Waals surface area contributed by atoms with Crippen LogP contribution in [0.4, 0.5) is 5.69 Å². The number of hydrogen-bond acceptors (Lipinski definition) is 3. The van der Waals surface area contributed by atoms with Gasteiger partial charge in [-0.05, 0) is 53.2 Å². The predicted octanol–water partition coefficient (Wildman–Crippen LogP) is 3.81. The van der Waals surface area contributed by atoms with Gasteiger partial charge in [0.15, 0.2) is 0 Å². The zero-order chi connectivity index (χ0) is 14.5. The van der Waals surface area contributed by atoms with E-state index in [4.69, 9.17) is 16.0 Å². The van der Waals surface area contributed by atoms with E-state index in [0.717, 1.165) is 15.9 Å². The first-order valence-electron chi connectivity index (χ1n) is 6.08. The van der Waals surface area contributed by atoms with E-state index in [1.807, 2.05) is 18.2 Å². The maximum atomic E-state index is 11.9. The average molecular weight is 358 g/mol. The number of anilines is 1. The van der Waals surface area contributed by atoms with Crippen molar-refractivity contribution in [2.45, 2.75) is 19.5 Å². The van der Waals surface area contributed by atoms with Gasteiger partial charge < -0.3 is 15.1 Å². The van der Waals surface area contributed by atoms with Gasteiger partial charge in [-0.15, -0.1) is 0 Å². The summed E-state index contributed by atoms with van der Waals surface area (Å²) in [6, 6.07) is 8.66. The molecule has 0 radical (unpaired) electrons. The van der Waals surface area contributed by atoms with Gasteiger partial charge in [0.05, 0.1) is 17.8 Å². The lowest BCUT2D eigenvalue weighted by Gasteiger charge is -2.15. The summed E-state index contributed by atoms with van der Waals surface area (Å²) in [5, 5.41) is 6.54. The minimum absolute atomic E-state index is 0.104. The number of halogens is 2. The zero-order valence-electron chi connectivity index (χ0n) is 10.8. The Morgan fingerprint density at radius 2 is 2.25 bits per heavy atom. The van der Waals surface area contributed by atoms with Crippen LogP contribution in [-0.4, -0.2) is 11.9 Å². The summed E-state index contributed by atoms with van der Waals surface area (Å²) in [5.41, 5.74) is 0.821. The van der Waals surface area contributed by atoms with E-state index in [9.17, 15) is 4.79 Å². The molecule has 0 aliphatic rings. The molecule has 1 atom stereocenters. The Hall–Kier alpha value is -1.46. The number of rotatable bonds is 5. The fraction of sp³-hybridized carbons (Fsp3) is 0.214. The molecular formula is C14H14BrClN2O2. The van der Waals surface area contributed by atoms with Crippen molar-refractivity contribution < 1.29 is 9.21 Å². The van der Waals surface area contributed by atoms with Crippen molar-refractivity contribution >= 4 is 39.1 Å². The van der Waals surface area contributed by atoms with Crippen LogP contribution in [-0.2, 0) is 11.3 Å². The first-order valence-corrected chi connectivity index (χ1v) is 7.25. The van der Waals surface area contributed by atoms with Crippen LogP contribution >= 0.6 is 27.5 Å². The third-order valence-corrected chi connectivity index (χ3v) is 3.93. The quantitative estimate of drug-likeness (QED) is 0.855. The highest BCUT2D eigenvalue weighted by Gasteiger charge is 2.13. The van der Waals surface area contributed by atoms with Gasteiger partial charge in [0.2, 0.25) is 5.91 Å². The van der Waals surface area contributed by atoms with Crippen LogP contribution in [0.1, 0.15) is 12.7 Å². The molecule has 4 nitrogen and oxygen atoms in total. The number of benzene rings is 1. The molecule has 106 valence electrons. The van der Waals surface area contributed by atoms with Crippen molar-refractivity contribution in [3.05, 3.63) is 51.9 Å². The van der Waals surface area contributed by atoms with E-state index >= 15 is 0 Å².